The number of rotatable bonds is 4. The van der Waals surface area contributed by atoms with Crippen LogP contribution in [0.2, 0.25) is 0 Å². The lowest BCUT2D eigenvalue weighted by Crippen LogP contribution is -2.34. The normalized spacial score (nSPS) is 20.3. The standard InChI is InChI=1S/C20H20O/c1-20(15-7-10-16-8-3-2-4-9-16)18-12-6-5-11-17(18)13-14-19(20)21/h2-6,8-9,11-14H,7,10,15H2,1H3. The maximum atomic E-state index is 12.4. The third kappa shape index (κ3) is 2.69. The number of carbonyl (C=O) groups is 1. The van der Waals surface area contributed by atoms with E-state index in [2.05, 4.69) is 43.3 Å². The molecule has 0 bridgehead atoms. The monoisotopic (exact) mass is 276 g/mol. The van der Waals surface area contributed by atoms with Gasteiger partial charge in [0, 0.05) is 0 Å². The van der Waals surface area contributed by atoms with Crippen LogP contribution in [0.3, 0.4) is 0 Å². The van der Waals surface area contributed by atoms with Crippen LogP contribution in [0.25, 0.3) is 6.08 Å². The quantitative estimate of drug-likeness (QED) is 0.800. The lowest BCUT2D eigenvalue weighted by Gasteiger charge is -2.31. The average molecular weight is 276 g/mol. The summed E-state index contributed by atoms with van der Waals surface area (Å²) in [5.74, 6) is 0.231. The van der Waals surface area contributed by atoms with Crippen molar-refractivity contribution in [2.75, 3.05) is 0 Å². The second-order valence-corrected chi connectivity index (χ2v) is 5.96. The Balaban J connectivity index is 1.77. The molecule has 1 aliphatic rings. The predicted octanol–water partition coefficient (Wildman–Crippen LogP) is 4.56. The second kappa shape index (κ2) is 5.69. The number of hydrogen-bond acceptors (Lipinski definition) is 1. The molecule has 1 heteroatoms. The fraction of sp³-hybridized carbons (Fsp3) is 0.250. The van der Waals surface area contributed by atoms with Gasteiger partial charge in [-0.2, -0.15) is 0 Å². The Hall–Kier alpha value is -2.15. The van der Waals surface area contributed by atoms with Gasteiger partial charge in [0.05, 0.1) is 5.41 Å². The Morgan fingerprint density at radius 3 is 2.43 bits per heavy atom. The Bertz CT molecular complexity index is 669. The largest absolute Gasteiger partial charge is 0.294 e. The van der Waals surface area contributed by atoms with Crippen LogP contribution in [0.15, 0.2) is 60.7 Å². The van der Waals surface area contributed by atoms with E-state index < -0.39 is 0 Å². The molecule has 2 aromatic carbocycles. The lowest BCUT2D eigenvalue weighted by molar-refractivity contribution is -0.119. The van der Waals surface area contributed by atoms with Crippen molar-refractivity contribution in [1.82, 2.24) is 0 Å². The number of allylic oxidation sites excluding steroid dienone is 1. The second-order valence-electron chi connectivity index (χ2n) is 5.96. The Kier molecular flexibility index (Phi) is 3.74. The van der Waals surface area contributed by atoms with Gasteiger partial charge in [0.15, 0.2) is 5.78 Å². The van der Waals surface area contributed by atoms with Gasteiger partial charge < -0.3 is 0 Å². The van der Waals surface area contributed by atoms with Crippen molar-refractivity contribution in [3.8, 4) is 0 Å². The van der Waals surface area contributed by atoms with Crippen molar-refractivity contribution in [3.63, 3.8) is 0 Å². The number of aryl methyl sites for hydroxylation is 1. The Morgan fingerprint density at radius 1 is 0.905 bits per heavy atom. The van der Waals surface area contributed by atoms with Gasteiger partial charge in [-0.1, -0.05) is 60.7 Å². The first kappa shape index (κ1) is 13.8. The minimum atomic E-state index is -0.375. The summed E-state index contributed by atoms with van der Waals surface area (Å²) >= 11 is 0. The van der Waals surface area contributed by atoms with Gasteiger partial charge in [-0.05, 0) is 49.0 Å². The first-order valence-corrected chi connectivity index (χ1v) is 7.56. The molecule has 1 atom stereocenters. The van der Waals surface area contributed by atoms with Gasteiger partial charge in [0.2, 0.25) is 0 Å². The number of fused-ring (bicyclic) bond motifs is 1. The number of ketones is 1. The Labute approximate surface area is 126 Å². The molecule has 0 heterocycles. The summed E-state index contributed by atoms with van der Waals surface area (Å²) in [5.41, 5.74) is 3.32. The van der Waals surface area contributed by atoms with Gasteiger partial charge >= 0.3 is 0 Å². The summed E-state index contributed by atoms with van der Waals surface area (Å²) in [6.45, 7) is 2.09. The highest BCUT2D eigenvalue weighted by atomic mass is 16.1. The van der Waals surface area contributed by atoms with Crippen molar-refractivity contribution in [2.45, 2.75) is 31.6 Å². The van der Waals surface area contributed by atoms with Gasteiger partial charge in [-0.25, -0.2) is 0 Å². The summed E-state index contributed by atoms with van der Waals surface area (Å²) in [7, 11) is 0. The van der Waals surface area contributed by atoms with E-state index in [0.29, 0.717) is 0 Å². The molecule has 3 rings (SSSR count). The highest BCUT2D eigenvalue weighted by Gasteiger charge is 2.36. The zero-order valence-electron chi connectivity index (χ0n) is 12.4. The molecule has 0 radical (unpaired) electrons. The molecule has 2 aromatic rings. The SMILES string of the molecule is CC1(CCCc2ccccc2)C(=O)C=Cc2ccccc21. The first-order chi connectivity index (χ1) is 10.2. The highest BCUT2D eigenvalue weighted by molar-refractivity contribution is 6.04. The van der Waals surface area contributed by atoms with E-state index in [0.717, 1.165) is 19.3 Å². The molecule has 21 heavy (non-hydrogen) atoms. The first-order valence-electron chi connectivity index (χ1n) is 7.56. The summed E-state index contributed by atoms with van der Waals surface area (Å²) in [6.07, 6.45) is 6.62. The zero-order chi connectivity index (χ0) is 14.7. The fourth-order valence-electron chi connectivity index (χ4n) is 3.18. The molecule has 1 aliphatic carbocycles. The van der Waals surface area contributed by atoms with E-state index >= 15 is 0 Å². The fourth-order valence-corrected chi connectivity index (χ4v) is 3.18. The third-order valence-corrected chi connectivity index (χ3v) is 4.50. The van der Waals surface area contributed by atoms with Gasteiger partial charge in [-0.3, -0.25) is 4.79 Å². The lowest BCUT2D eigenvalue weighted by atomic mass is 9.70. The van der Waals surface area contributed by atoms with E-state index in [1.807, 2.05) is 24.3 Å². The minimum Gasteiger partial charge on any atom is -0.294 e. The summed E-state index contributed by atoms with van der Waals surface area (Å²) < 4.78 is 0. The van der Waals surface area contributed by atoms with E-state index in [9.17, 15) is 4.79 Å². The molecular weight excluding hydrogens is 256 g/mol. The van der Waals surface area contributed by atoms with Crippen LogP contribution in [0.1, 0.15) is 36.5 Å². The maximum Gasteiger partial charge on any atom is 0.165 e. The van der Waals surface area contributed by atoms with Crippen molar-refractivity contribution < 1.29 is 4.79 Å². The van der Waals surface area contributed by atoms with E-state index in [4.69, 9.17) is 0 Å². The van der Waals surface area contributed by atoms with Crippen molar-refractivity contribution >= 4 is 11.9 Å². The summed E-state index contributed by atoms with van der Waals surface area (Å²) in [6, 6.07) is 18.7. The van der Waals surface area contributed by atoms with E-state index in [-0.39, 0.29) is 11.2 Å². The molecule has 1 unspecified atom stereocenters. The van der Waals surface area contributed by atoms with Gasteiger partial charge in [-0.15, -0.1) is 0 Å². The number of benzene rings is 2. The van der Waals surface area contributed by atoms with Crippen LogP contribution in [-0.2, 0) is 16.6 Å². The molecule has 0 aromatic heterocycles. The van der Waals surface area contributed by atoms with E-state index in [1.54, 1.807) is 6.08 Å². The smallest absolute Gasteiger partial charge is 0.165 e. The van der Waals surface area contributed by atoms with Crippen LogP contribution in [0, 0.1) is 0 Å². The molecule has 0 fully saturated rings. The molecule has 1 nitrogen and oxygen atoms in total. The van der Waals surface area contributed by atoms with Gasteiger partial charge in [0.25, 0.3) is 0 Å². The minimum absolute atomic E-state index is 0.231. The third-order valence-electron chi connectivity index (χ3n) is 4.50. The predicted molar refractivity (Wildman–Crippen MR) is 87.2 cm³/mol. The molecule has 0 amide bonds. The van der Waals surface area contributed by atoms with Gasteiger partial charge in [0.1, 0.15) is 0 Å². The molecule has 0 saturated heterocycles. The number of carbonyl (C=O) groups excluding carboxylic acids is 1. The van der Waals surface area contributed by atoms with E-state index in [1.165, 1.54) is 16.7 Å². The zero-order valence-corrected chi connectivity index (χ0v) is 12.4. The summed E-state index contributed by atoms with van der Waals surface area (Å²) in [4.78, 5) is 12.4. The molecule has 0 aliphatic heterocycles. The number of hydrogen-bond donors (Lipinski definition) is 0. The average Bonchev–Trinajstić information content (AvgIpc) is 2.53. The highest BCUT2D eigenvalue weighted by Crippen LogP contribution is 2.37. The molecule has 0 N–H and O–H groups in total. The molecule has 0 spiro atoms. The molecule has 106 valence electrons. The molecular formula is C20H20O. The van der Waals surface area contributed by atoms with Crippen LogP contribution in [0.5, 0.6) is 0 Å². The van der Waals surface area contributed by atoms with Crippen molar-refractivity contribution in [3.05, 3.63) is 77.4 Å². The molecule has 0 saturated carbocycles. The summed E-state index contributed by atoms with van der Waals surface area (Å²) in [5, 5.41) is 0. The topological polar surface area (TPSA) is 17.1 Å². The van der Waals surface area contributed by atoms with Crippen LogP contribution < -0.4 is 0 Å². The van der Waals surface area contributed by atoms with Crippen LogP contribution in [0.4, 0.5) is 0 Å². The Morgan fingerprint density at radius 2 is 1.62 bits per heavy atom. The maximum absolute atomic E-state index is 12.4. The van der Waals surface area contributed by atoms with Crippen LogP contribution >= 0.6 is 0 Å². The van der Waals surface area contributed by atoms with Crippen LogP contribution in [-0.4, -0.2) is 5.78 Å². The van der Waals surface area contributed by atoms with Crippen molar-refractivity contribution in [1.29, 1.82) is 0 Å². The van der Waals surface area contributed by atoms with Crippen molar-refractivity contribution in [2.24, 2.45) is 0 Å².